The molecular weight excluding hydrogens is 258 g/mol. The van der Waals surface area contributed by atoms with Gasteiger partial charge in [0.25, 0.3) is 0 Å². The first-order chi connectivity index (χ1) is 9.69. The molecule has 0 radical (unpaired) electrons. The summed E-state index contributed by atoms with van der Waals surface area (Å²) in [5.74, 6) is -0.681. The average Bonchev–Trinajstić information content (AvgIpc) is 3.06. The molecule has 1 N–H and O–H groups in total. The molecule has 20 heavy (non-hydrogen) atoms. The number of hydrogen-bond acceptors (Lipinski definition) is 4. The number of carbonyl (C=O) groups is 2. The zero-order valence-corrected chi connectivity index (χ0v) is 11.1. The number of fused-ring (bicyclic) bond motifs is 1. The third kappa shape index (κ3) is 2.13. The Balaban J connectivity index is 1.80. The lowest BCUT2D eigenvalue weighted by atomic mass is 10.1. The highest BCUT2D eigenvalue weighted by Gasteiger charge is 2.35. The summed E-state index contributed by atoms with van der Waals surface area (Å²) in [6.07, 6.45) is 3.77. The second-order valence-corrected chi connectivity index (χ2v) is 4.91. The monoisotopic (exact) mass is 273 g/mol. The maximum Gasteiger partial charge on any atom is 0.310 e. The van der Waals surface area contributed by atoms with E-state index in [0.29, 0.717) is 13.1 Å². The van der Waals surface area contributed by atoms with Gasteiger partial charge in [-0.1, -0.05) is 0 Å². The molecule has 1 unspecified atom stereocenters. The van der Waals surface area contributed by atoms with Gasteiger partial charge in [0.1, 0.15) is 5.65 Å². The quantitative estimate of drug-likeness (QED) is 0.849. The van der Waals surface area contributed by atoms with Crippen molar-refractivity contribution in [1.82, 2.24) is 14.9 Å². The zero-order valence-electron chi connectivity index (χ0n) is 11.1. The summed E-state index contributed by atoms with van der Waals surface area (Å²) < 4.78 is 4.71. The number of methoxy groups -OCH3 is 1. The maximum absolute atomic E-state index is 12.0. The number of ether oxygens (including phenoxy) is 1. The zero-order chi connectivity index (χ0) is 14.1. The van der Waals surface area contributed by atoms with Gasteiger partial charge in [-0.25, -0.2) is 4.98 Å². The highest BCUT2D eigenvalue weighted by molar-refractivity contribution is 5.87. The first-order valence-corrected chi connectivity index (χ1v) is 6.45. The molecule has 0 aromatic carbocycles. The van der Waals surface area contributed by atoms with E-state index in [0.717, 1.165) is 16.6 Å². The van der Waals surface area contributed by atoms with Gasteiger partial charge in [-0.05, 0) is 17.7 Å². The third-order valence-corrected chi connectivity index (χ3v) is 3.66. The van der Waals surface area contributed by atoms with Crippen LogP contribution in [0.2, 0.25) is 0 Å². The Morgan fingerprint density at radius 1 is 1.55 bits per heavy atom. The van der Waals surface area contributed by atoms with Gasteiger partial charge in [-0.3, -0.25) is 9.59 Å². The van der Waals surface area contributed by atoms with E-state index in [2.05, 4.69) is 9.97 Å². The summed E-state index contributed by atoms with van der Waals surface area (Å²) in [7, 11) is 1.35. The van der Waals surface area contributed by atoms with Gasteiger partial charge in [-0.15, -0.1) is 0 Å². The molecule has 6 heteroatoms. The van der Waals surface area contributed by atoms with Crippen LogP contribution in [0.5, 0.6) is 0 Å². The molecule has 0 saturated carbocycles. The second-order valence-electron chi connectivity index (χ2n) is 4.91. The lowest BCUT2D eigenvalue weighted by Crippen LogP contribution is -2.26. The number of nitrogens with one attached hydrogen (secondary N) is 1. The molecule has 0 bridgehead atoms. The predicted octanol–water partition coefficient (Wildman–Crippen LogP) is 1.08. The van der Waals surface area contributed by atoms with E-state index in [1.807, 2.05) is 18.3 Å². The molecule has 3 rings (SSSR count). The molecule has 0 spiro atoms. The minimum Gasteiger partial charge on any atom is -0.469 e. The van der Waals surface area contributed by atoms with Crippen molar-refractivity contribution in [2.75, 3.05) is 13.7 Å². The van der Waals surface area contributed by atoms with Crippen molar-refractivity contribution in [2.24, 2.45) is 5.92 Å². The molecule has 2 aromatic heterocycles. The van der Waals surface area contributed by atoms with Gasteiger partial charge in [0.15, 0.2) is 0 Å². The van der Waals surface area contributed by atoms with Crippen LogP contribution in [0.3, 0.4) is 0 Å². The molecule has 6 nitrogen and oxygen atoms in total. The normalized spacial score (nSPS) is 18.8. The highest BCUT2D eigenvalue weighted by atomic mass is 16.5. The van der Waals surface area contributed by atoms with Crippen molar-refractivity contribution >= 4 is 22.9 Å². The first kappa shape index (κ1) is 12.7. The number of pyridine rings is 1. The van der Waals surface area contributed by atoms with Crippen LogP contribution >= 0.6 is 0 Å². The van der Waals surface area contributed by atoms with E-state index in [-0.39, 0.29) is 24.2 Å². The van der Waals surface area contributed by atoms with Crippen LogP contribution in [0.25, 0.3) is 11.0 Å². The number of aromatic amines is 1. The number of esters is 1. The van der Waals surface area contributed by atoms with E-state index < -0.39 is 0 Å². The molecule has 1 aliphatic heterocycles. The number of rotatable bonds is 3. The largest absolute Gasteiger partial charge is 0.469 e. The van der Waals surface area contributed by atoms with E-state index >= 15 is 0 Å². The molecule has 1 saturated heterocycles. The predicted molar refractivity (Wildman–Crippen MR) is 71.6 cm³/mol. The maximum atomic E-state index is 12.0. The Kier molecular flexibility index (Phi) is 3.14. The van der Waals surface area contributed by atoms with Gasteiger partial charge < -0.3 is 14.6 Å². The van der Waals surface area contributed by atoms with Crippen LogP contribution in [0.1, 0.15) is 12.0 Å². The number of carbonyl (C=O) groups excluding carboxylic acids is 2. The Bertz CT molecular complexity index is 664. The number of nitrogens with zero attached hydrogens (tertiary/aromatic N) is 2. The minimum atomic E-state index is -0.351. The van der Waals surface area contributed by atoms with Crippen LogP contribution in [0, 0.1) is 5.92 Å². The van der Waals surface area contributed by atoms with Crippen LogP contribution in [0.15, 0.2) is 24.5 Å². The topological polar surface area (TPSA) is 75.3 Å². The van der Waals surface area contributed by atoms with Crippen molar-refractivity contribution in [1.29, 1.82) is 0 Å². The SMILES string of the molecule is COC(=O)C1CC(=O)N(Cc2ccnc3[nH]ccc23)C1. The van der Waals surface area contributed by atoms with Crippen molar-refractivity contribution < 1.29 is 14.3 Å². The second kappa shape index (κ2) is 4.96. The van der Waals surface area contributed by atoms with Crippen molar-refractivity contribution in [2.45, 2.75) is 13.0 Å². The summed E-state index contributed by atoms with van der Waals surface area (Å²) in [4.78, 5) is 32.5. The number of hydrogen-bond donors (Lipinski definition) is 1. The summed E-state index contributed by atoms with van der Waals surface area (Å²) in [5, 5.41) is 1.00. The van der Waals surface area contributed by atoms with Gasteiger partial charge >= 0.3 is 5.97 Å². The molecule has 1 aliphatic rings. The van der Waals surface area contributed by atoms with Crippen LogP contribution in [-0.4, -0.2) is 40.4 Å². The van der Waals surface area contributed by atoms with Gasteiger partial charge in [0.05, 0.1) is 13.0 Å². The molecule has 104 valence electrons. The number of amides is 1. The lowest BCUT2D eigenvalue weighted by Gasteiger charge is -2.16. The fourth-order valence-electron chi connectivity index (χ4n) is 2.61. The summed E-state index contributed by atoms with van der Waals surface area (Å²) >= 11 is 0. The van der Waals surface area contributed by atoms with Gasteiger partial charge in [0.2, 0.25) is 5.91 Å². The van der Waals surface area contributed by atoms with E-state index in [4.69, 9.17) is 4.74 Å². The van der Waals surface area contributed by atoms with Crippen molar-refractivity contribution in [3.63, 3.8) is 0 Å². The number of H-pyrrole nitrogens is 1. The number of aromatic nitrogens is 2. The summed E-state index contributed by atoms with van der Waals surface area (Å²) in [6.45, 7) is 0.906. The molecule has 0 aliphatic carbocycles. The molecule has 1 amide bonds. The van der Waals surface area contributed by atoms with Crippen molar-refractivity contribution in [3.8, 4) is 0 Å². The van der Waals surface area contributed by atoms with Gasteiger partial charge in [0, 0.05) is 37.3 Å². The Labute approximate surface area is 115 Å². The number of likely N-dealkylation sites (tertiary alicyclic amines) is 1. The van der Waals surface area contributed by atoms with Gasteiger partial charge in [-0.2, -0.15) is 0 Å². The van der Waals surface area contributed by atoms with E-state index in [9.17, 15) is 9.59 Å². The fraction of sp³-hybridized carbons (Fsp3) is 0.357. The summed E-state index contributed by atoms with van der Waals surface area (Å²) in [6, 6.07) is 3.84. The van der Waals surface area contributed by atoms with E-state index in [1.54, 1.807) is 11.1 Å². The fourth-order valence-corrected chi connectivity index (χ4v) is 2.61. The smallest absolute Gasteiger partial charge is 0.310 e. The van der Waals surface area contributed by atoms with E-state index in [1.165, 1.54) is 7.11 Å². The van der Waals surface area contributed by atoms with Crippen LogP contribution < -0.4 is 0 Å². The summed E-state index contributed by atoms with van der Waals surface area (Å²) in [5.41, 5.74) is 1.83. The average molecular weight is 273 g/mol. The molecule has 3 heterocycles. The Hall–Kier alpha value is -2.37. The third-order valence-electron chi connectivity index (χ3n) is 3.66. The molecule has 2 aromatic rings. The Morgan fingerprint density at radius 2 is 2.40 bits per heavy atom. The first-order valence-electron chi connectivity index (χ1n) is 6.45. The molecule has 1 fully saturated rings. The highest BCUT2D eigenvalue weighted by Crippen LogP contribution is 2.23. The lowest BCUT2D eigenvalue weighted by molar-refractivity contribution is -0.145. The van der Waals surface area contributed by atoms with Crippen LogP contribution in [0.4, 0.5) is 0 Å². The Morgan fingerprint density at radius 3 is 3.20 bits per heavy atom. The van der Waals surface area contributed by atoms with Crippen LogP contribution in [-0.2, 0) is 20.9 Å². The minimum absolute atomic E-state index is 0.0131. The molecule has 1 atom stereocenters. The molecular formula is C14H15N3O3. The van der Waals surface area contributed by atoms with Crippen molar-refractivity contribution in [3.05, 3.63) is 30.1 Å². The standard InChI is InChI=1S/C14H15N3O3/c1-20-14(19)10-6-12(18)17(8-10)7-9-2-4-15-13-11(9)3-5-16-13/h2-5,10H,6-8H2,1H3,(H,15,16).